The number of benzene rings is 2. The largest absolute Gasteiger partial charge is 0.508 e. The topological polar surface area (TPSA) is 50.4 Å². The lowest BCUT2D eigenvalue weighted by molar-refractivity contribution is 0.473. The van der Waals surface area contributed by atoms with E-state index in [1.807, 2.05) is 24.3 Å². The molecule has 1 aromatic heterocycles. The molecule has 0 aliphatic rings. The summed E-state index contributed by atoms with van der Waals surface area (Å²) in [5.41, 5.74) is 1.33. The molecule has 0 saturated heterocycles. The van der Waals surface area contributed by atoms with Gasteiger partial charge in [-0.1, -0.05) is 12.1 Å². The van der Waals surface area contributed by atoms with Gasteiger partial charge in [0, 0.05) is 15.0 Å². The first-order valence-electron chi connectivity index (χ1n) is 5.66. The van der Waals surface area contributed by atoms with Crippen LogP contribution in [0.2, 0.25) is 0 Å². The molecular formula is C15H9IO3. The molecule has 4 heteroatoms. The molecule has 2 aromatic carbocycles. The highest BCUT2D eigenvalue weighted by molar-refractivity contribution is 14.1. The van der Waals surface area contributed by atoms with Crippen molar-refractivity contribution in [1.29, 1.82) is 0 Å². The average Bonchev–Trinajstić information content (AvgIpc) is 2.39. The summed E-state index contributed by atoms with van der Waals surface area (Å²) in [7, 11) is 0. The minimum Gasteiger partial charge on any atom is -0.508 e. The van der Waals surface area contributed by atoms with Crippen LogP contribution in [0.4, 0.5) is 0 Å². The maximum Gasteiger partial charge on any atom is 0.344 e. The zero-order chi connectivity index (χ0) is 13.4. The summed E-state index contributed by atoms with van der Waals surface area (Å²) < 4.78 is 6.35. The van der Waals surface area contributed by atoms with Crippen LogP contribution in [-0.4, -0.2) is 5.11 Å². The maximum atomic E-state index is 12.0. The Balaban J connectivity index is 2.24. The molecule has 19 heavy (non-hydrogen) atoms. The van der Waals surface area contributed by atoms with Gasteiger partial charge in [0.05, 0.1) is 5.56 Å². The highest BCUT2D eigenvalue weighted by Gasteiger charge is 2.08. The zero-order valence-electron chi connectivity index (χ0n) is 9.76. The molecule has 0 unspecified atom stereocenters. The predicted molar refractivity (Wildman–Crippen MR) is 82.3 cm³/mol. The molecule has 0 bridgehead atoms. The normalized spacial score (nSPS) is 10.8. The monoisotopic (exact) mass is 364 g/mol. The fourth-order valence-electron chi connectivity index (χ4n) is 1.93. The third-order valence-corrected chi connectivity index (χ3v) is 3.59. The molecule has 0 fully saturated rings. The Kier molecular flexibility index (Phi) is 3.02. The van der Waals surface area contributed by atoms with Crippen LogP contribution in [0.15, 0.2) is 57.7 Å². The second-order valence-corrected chi connectivity index (χ2v) is 5.42. The van der Waals surface area contributed by atoms with E-state index in [1.165, 1.54) is 6.07 Å². The molecule has 3 nitrogen and oxygen atoms in total. The number of phenolic OH excluding ortho intramolecular Hbond substituents is 1. The Labute approximate surface area is 122 Å². The van der Waals surface area contributed by atoms with Gasteiger partial charge in [-0.15, -0.1) is 0 Å². The van der Waals surface area contributed by atoms with Crippen LogP contribution >= 0.6 is 22.6 Å². The van der Waals surface area contributed by atoms with Crippen LogP contribution in [-0.2, 0) is 0 Å². The predicted octanol–water partition coefficient (Wildman–Crippen LogP) is 3.77. The highest BCUT2D eigenvalue weighted by atomic mass is 127. The summed E-state index contributed by atoms with van der Waals surface area (Å²) in [5.74, 6) is 0.0812. The van der Waals surface area contributed by atoms with E-state index in [0.717, 1.165) is 14.5 Å². The van der Waals surface area contributed by atoms with Crippen LogP contribution in [0.3, 0.4) is 0 Å². The van der Waals surface area contributed by atoms with E-state index in [4.69, 9.17) is 4.42 Å². The summed E-state index contributed by atoms with van der Waals surface area (Å²) >= 11 is 2.21. The number of hydrogen-bond donors (Lipinski definition) is 1. The molecule has 0 aliphatic heterocycles. The first-order chi connectivity index (χ1) is 9.13. The van der Waals surface area contributed by atoms with E-state index in [-0.39, 0.29) is 5.75 Å². The molecule has 94 valence electrons. The summed E-state index contributed by atoms with van der Waals surface area (Å²) in [6.07, 6.45) is 0. The summed E-state index contributed by atoms with van der Waals surface area (Å²) in [6, 6.07) is 14.2. The molecule has 0 atom stereocenters. The Hall–Kier alpha value is -1.82. The lowest BCUT2D eigenvalue weighted by atomic mass is 10.1. The molecule has 0 spiro atoms. The number of phenols is 1. The molecule has 1 heterocycles. The van der Waals surface area contributed by atoms with Gasteiger partial charge in [-0.25, -0.2) is 4.79 Å². The van der Waals surface area contributed by atoms with Gasteiger partial charge in [0.2, 0.25) is 0 Å². The van der Waals surface area contributed by atoms with Crippen molar-refractivity contribution in [3.63, 3.8) is 0 Å². The van der Waals surface area contributed by atoms with Crippen molar-refractivity contribution in [2.24, 2.45) is 0 Å². The quantitative estimate of drug-likeness (QED) is 0.528. The van der Waals surface area contributed by atoms with E-state index in [9.17, 15) is 9.90 Å². The van der Waals surface area contributed by atoms with E-state index in [1.54, 1.807) is 18.2 Å². The van der Waals surface area contributed by atoms with Gasteiger partial charge in [-0.2, -0.15) is 0 Å². The average molecular weight is 364 g/mol. The summed E-state index contributed by atoms with van der Waals surface area (Å²) in [5, 5.41) is 10.2. The van der Waals surface area contributed by atoms with Crippen LogP contribution < -0.4 is 5.63 Å². The van der Waals surface area contributed by atoms with Crippen molar-refractivity contribution in [3.8, 4) is 16.9 Å². The second-order valence-electron chi connectivity index (χ2n) is 4.18. The fourth-order valence-corrected chi connectivity index (χ4v) is 2.29. The molecule has 0 aliphatic carbocycles. The van der Waals surface area contributed by atoms with Gasteiger partial charge in [0.15, 0.2) is 0 Å². The zero-order valence-corrected chi connectivity index (χ0v) is 11.9. The Morgan fingerprint density at radius 1 is 1.00 bits per heavy atom. The first kappa shape index (κ1) is 12.2. The maximum absolute atomic E-state index is 12.0. The number of hydrogen-bond acceptors (Lipinski definition) is 3. The van der Waals surface area contributed by atoms with Crippen molar-refractivity contribution in [1.82, 2.24) is 0 Å². The first-order valence-corrected chi connectivity index (χ1v) is 6.74. The van der Waals surface area contributed by atoms with Gasteiger partial charge in [0.25, 0.3) is 0 Å². The lowest BCUT2D eigenvalue weighted by Crippen LogP contribution is -2.02. The SMILES string of the molecule is O=c1oc2cc(O)ccc2cc1-c1ccc(I)cc1. The Bertz CT molecular complexity index is 804. The van der Waals surface area contributed by atoms with Gasteiger partial charge in [-0.3, -0.25) is 0 Å². The fraction of sp³-hybridized carbons (Fsp3) is 0. The minimum absolute atomic E-state index is 0.0812. The van der Waals surface area contributed by atoms with Crippen molar-refractivity contribution < 1.29 is 9.52 Å². The van der Waals surface area contributed by atoms with E-state index in [2.05, 4.69) is 22.6 Å². The van der Waals surface area contributed by atoms with E-state index in [0.29, 0.717) is 11.1 Å². The minimum atomic E-state index is -0.403. The molecular weight excluding hydrogens is 355 g/mol. The van der Waals surface area contributed by atoms with E-state index < -0.39 is 5.63 Å². The highest BCUT2D eigenvalue weighted by Crippen LogP contribution is 2.24. The van der Waals surface area contributed by atoms with Gasteiger partial charge >= 0.3 is 5.63 Å². The third-order valence-electron chi connectivity index (χ3n) is 2.87. The molecule has 0 amide bonds. The van der Waals surface area contributed by atoms with Gasteiger partial charge < -0.3 is 9.52 Å². The van der Waals surface area contributed by atoms with Crippen LogP contribution in [0.25, 0.3) is 22.1 Å². The summed E-state index contributed by atoms with van der Waals surface area (Å²) in [6.45, 7) is 0. The molecule has 0 radical (unpaired) electrons. The smallest absolute Gasteiger partial charge is 0.344 e. The molecule has 3 rings (SSSR count). The van der Waals surface area contributed by atoms with Crippen molar-refractivity contribution in [3.05, 3.63) is 62.5 Å². The summed E-state index contributed by atoms with van der Waals surface area (Å²) in [4.78, 5) is 12.0. The Morgan fingerprint density at radius 3 is 2.47 bits per heavy atom. The standard InChI is InChI=1S/C15H9IO3/c16-11-4-1-9(2-5-11)13-7-10-3-6-12(17)8-14(10)19-15(13)18/h1-8,17H. The number of fused-ring (bicyclic) bond motifs is 1. The van der Waals surface area contributed by atoms with Gasteiger partial charge in [0.1, 0.15) is 11.3 Å². The van der Waals surface area contributed by atoms with Gasteiger partial charge in [-0.05, 0) is 58.5 Å². The number of aromatic hydroxyl groups is 1. The van der Waals surface area contributed by atoms with Crippen molar-refractivity contribution >= 4 is 33.6 Å². The molecule has 3 aromatic rings. The van der Waals surface area contributed by atoms with Crippen LogP contribution in [0.5, 0.6) is 5.75 Å². The third kappa shape index (κ3) is 2.35. The van der Waals surface area contributed by atoms with Crippen LogP contribution in [0.1, 0.15) is 0 Å². The van der Waals surface area contributed by atoms with Crippen molar-refractivity contribution in [2.75, 3.05) is 0 Å². The second kappa shape index (κ2) is 4.70. The lowest BCUT2D eigenvalue weighted by Gasteiger charge is -2.03. The van der Waals surface area contributed by atoms with Crippen LogP contribution in [0, 0.1) is 3.57 Å². The van der Waals surface area contributed by atoms with E-state index >= 15 is 0 Å². The Morgan fingerprint density at radius 2 is 1.74 bits per heavy atom. The number of rotatable bonds is 1. The molecule has 1 N–H and O–H groups in total. The van der Waals surface area contributed by atoms with Crippen molar-refractivity contribution in [2.45, 2.75) is 0 Å². The molecule has 0 saturated carbocycles. The number of halogens is 1.